The molecule has 0 aromatic heterocycles. The Hall–Kier alpha value is -4.25. The number of rotatable bonds is 9. The highest BCUT2D eigenvalue weighted by atomic mass is 19.1. The molecule has 0 radical (unpaired) electrons. The Morgan fingerprint density at radius 1 is 0.714 bits per heavy atom. The van der Waals surface area contributed by atoms with Gasteiger partial charge in [0.25, 0.3) is 5.91 Å². The summed E-state index contributed by atoms with van der Waals surface area (Å²) in [6.07, 6.45) is 1.56. The maximum Gasteiger partial charge on any atom is 0.336 e. The summed E-state index contributed by atoms with van der Waals surface area (Å²) >= 11 is 0. The van der Waals surface area contributed by atoms with Crippen LogP contribution in [-0.4, -0.2) is 28.4 Å². The summed E-state index contributed by atoms with van der Waals surface area (Å²) in [6.45, 7) is 0.800. The summed E-state index contributed by atoms with van der Waals surface area (Å²) in [7, 11) is 0. The highest BCUT2D eigenvalue weighted by Gasteiger charge is 2.19. The SMILES string of the molecule is O=C(O)c1ccccc1-c1ccc(CN(CCCc2ccccc2)C(=O)c2ccccc2F)cc1. The molecule has 0 saturated carbocycles. The van der Waals surface area contributed by atoms with Crippen LogP contribution in [0.4, 0.5) is 4.39 Å². The number of halogens is 1. The number of carboxylic acids is 1. The lowest BCUT2D eigenvalue weighted by Crippen LogP contribution is -2.32. The van der Waals surface area contributed by atoms with Gasteiger partial charge in [-0.2, -0.15) is 0 Å². The van der Waals surface area contributed by atoms with Gasteiger partial charge in [-0.1, -0.05) is 84.9 Å². The van der Waals surface area contributed by atoms with Gasteiger partial charge >= 0.3 is 5.97 Å². The van der Waals surface area contributed by atoms with Crippen LogP contribution in [0.15, 0.2) is 103 Å². The highest BCUT2D eigenvalue weighted by Crippen LogP contribution is 2.25. The lowest BCUT2D eigenvalue weighted by Gasteiger charge is -2.23. The van der Waals surface area contributed by atoms with E-state index in [9.17, 15) is 19.1 Å². The minimum atomic E-state index is -0.982. The van der Waals surface area contributed by atoms with Crippen molar-refractivity contribution in [3.63, 3.8) is 0 Å². The number of hydrogen-bond donors (Lipinski definition) is 1. The molecule has 0 atom stereocenters. The molecule has 4 rings (SSSR count). The third-order valence-corrected chi connectivity index (χ3v) is 5.92. The van der Waals surface area contributed by atoms with E-state index in [1.54, 1.807) is 41.3 Å². The fourth-order valence-electron chi connectivity index (χ4n) is 4.11. The predicted molar refractivity (Wildman–Crippen MR) is 135 cm³/mol. The van der Waals surface area contributed by atoms with Crippen molar-refractivity contribution in [2.45, 2.75) is 19.4 Å². The van der Waals surface area contributed by atoms with Gasteiger partial charge in [0.15, 0.2) is 0 Å². The zero-order valence-corrected chi connectivity index (χ0v) is 19.2. The van der Waals surface area contributed by atoms with E-state index in [1.807, 2.05) is 42.5 Å². The molecule has 0 spiro atoms. The Morgan fingerprint density at radius 3 is 2.03 bits per heavy atom. The molecular formula is C30H26FNO3. The molecule has 1 N–H and O–H groups in total. The Morgan fingerprint density at radius 2 is 1.34 bits per heavy atom. The summed E-state index contributed by atoms with van der Waals surface area (Å²) in [6, 6.07) is 30.4. The van der Waals surface area contributed by atoms with Crippen molar-refractivity contribution in [3.05, 3.63) is 131 Å². The first-order chi connectivity index (χ1) is 17.0. The fourth-order valence-corrected chi connectivity index (χ4v) is 4.11. The zero-order valence-electron chi connectivity index (χ0n) is 19.2. The van der Waals surface area contributed by atoms with E-state index < -0.39 is 11.8 Å². The second kappa shape index (κ2) is 11.3. The Kier molecular flexibility index (Phi) is 7.68. The van der Waals surface area contributed by atoms with Crippen LogP contribution in [0.3, 0.4) is 0 Å². The highest BCUT2D eigenvalue weighted by molar-refractivity contribution is 5.96. The van der Waals surface area contributed by atoms with Crippen molar-refractivity contribution >= 4 is 11.9 Å². The van der Waals surface area contributed by atoms with Crippen molar-refractivity contribution in [1.82, 2.24) is 4.90 Å². The second-order valence-electron chi connectivity index (χ2n) is 8.34. The lowest BCUT2D eigenvalue weighted by molar-refractivity contribution is 0.0695. The average Bonchev–Trinajstić information content (AvgIpc) is 2.89. The number of amides is 1. The summed E-state index contributed by atoms with van der Waals surface area (Å²) in [5.41, 5.74) is 3.77. The smallest absolute Gasteiger partial charge is 0.336 e. The lowest BCUT2D eigenvalue weighted by atomic mass is 9.98. The first-order valence-electron chi connectivity index (χ1n) is 11.5. The molecule has 0 fully saturated rings. The third-order valence-electron chi connectivity index (χ3n) is 5.92. The minimum absolute atomic E-state index is 0.0548. The third kappa shape index (κ3) is 6.01. The standard InChI is InChI=1S/C30H26FNO3/c31-28-15-7-6-14-27(28)29(33)32(20-8-11-22-9-2-1-3-10-22)21-23-16-18-24(19-17-23)25-12-4-5-13-26(25)30(34)35/h1-7,9-10,12-19H,8,11,20-21H2,(H,34,35). The molecule has 0 aliphatic rings. The van der Waals surface area contributed by atoms with Crippen LogP contribution < -0.4 is 0 Å². The van der Waals surface area contributed by atoms with Crippen molar-refractivity contribution in [3.8, 4) is 11.1 Å². The van der Waals surface area contributed by atoms with Gasteiger partial charge in [0, 0.05) is 13.1 Å². The van der Waals surface area contributed by atoms with E-state index in [2.05, 4.69) is 12.1 Å². The van der Waals surface area contributed by atoms with Gasteiger partial charge in [0.2, 0.25) is 0 Å². The molecule has 5 heteroatoms. The zero-order chi connectivity index (χ0) is 24.6. The molecule has 0 aliphatic heterocycles. The van der Waals surface area contributed by atoms with E-state index in [0.29, 0.717) is 18.7 Å². The molecule has 0 unspecified atom stereocenters. The summed E-state index contributed by atoms with van der Waals surface area (Å²) in [5.74, 6) is -1.87. The van der Waals surface area contributed by atoms with Gasteiger partial charge in [-0.05, 0) is 53.3 Å². The Bertz CT molecular complexity index is 1300. The van der Waals surface area contributed by atoms with Crippen LogP contribution in [0.25, 0.3) is 11.1 Å². The molecule has 35 heavy (non-hydrogen) atoms. The van der Waals surface area contributed by atoms with E-state index >= 15 is 0 Å². The molecule has 0 heterocycles. The van der Waals surface area contributed by atoms with Crippen LogP contribution in [0.1, 0.15) is 38.3 Å². The monoisotopic (exact) mass is 467 g/mol. The number of aryl methyl sites for hydroxylation is 1. The molecule has 0 aliphatic carbocycles. The predicted octanol–water partition coefficient (Wildman–Crippen LogP) is 6.47. The van der Waals surface area contributed by atoms with Crippen LogP contribution in [0.5, 0.6) is 0 Å². The number of carbonyl (C=O) groups excluding carboxylic acids is 1. The van der Waals surface area contributed by atoms with Crippen LogP contribution in [0, 0.1) is 5.82 Å². The van der Waals surface area contributed by atoms with Crippen molar-refractivity contribution in [2.24, 2.45) is 0 Å². The van der Waals surface area contributed by atoms with Crippen LogP contribution >= 0.6 is 0 Å². The van der Waals surface area contributed by atoms with Gasteiger partial charge < -0.3 is 10.0 Å². The Labute approximate surface area is 204 Å². The van der Waals surface area contributed by atoms with Gasteiger partial charge in [-0.3, -0.25) is 4.79 Å². The number of carboxylic acid groups (broad SMARTS) is 1. The van der Waals surface area contributed by atoms with Gasteiger partial charge in [0.05, 0.1) is 11.1 Å². The minimum Gasteiger partial charge on any atom is -0.478 e. The summed E-state index contributed by atoms with van der Waals surface area (Å²) in [4.78, 5) is 26.5. The molecule has 0 saturated heterocycles. The average molecular weight is 468 g/mol. The van der Waals surface area contributed by atoms with E-state index in [4.69, 9.17) is 0 Å². The molecule has 1 amide bonds. The number of benzene rings is 4. The molecule has 0 bridgehead atoms. The number of hydrogen-bond acceptors (Lipinski definition) is 2. The van der Waals surface area contributed by atoms with E-state index in [1.165, 1.54) is 17.7 Å². The normalized spacial score (nSPS) is 10.7. The number of nitrogens with zero attached hydrogens (tertiary/aromatic N) is 1. The topological polar surface area (TPSA) is 57.6 Å². The van der Waals surface area contributed by atoms with E-state index in [-0.39, 0.29) is 17.0 Å². The maximum absolute atomic E-state index is 14.4. The maximum atomic E-state index is 14.4. The van der Waals surface area contributed by atoms with Crippen molar-refractivity contribution in [1.29, 1.82) is 0 Å². The summed E-state index contributed by atoms with van der Waals surface area (Å²) in [5, 5.41) is 9.48. The first-order valence-corrected chi connectivity index (χ1v) is 11.5. The molecule has 4 aromatic carbocycles. The van der Waals surface area contributed by atoms with Crippen molar-refractivity contribution in [2.75, 3.05) is 6.54 Å². The molecular weight excluding hydrogens is 441 g/mol. The van der Waals surface area contributed by atoms with Crippen LogP contribution in [-0.2, 0) is 13.0 Å². The molecule has 4 nitrogen and oxygen atoms in total. The Balaban J connectivity index is 1.53. The number of aromatic carboxylic acids is 1. The second-order valence-corrected chi connectivity index (χ2v) is 8.34. The van der Waals surface area contributed by atoms with Gasteiger partial charge in [-0.25, -0.2) is 9.18 Å². The fraction of sp³-hybridized carbons (Fsp3) is 0.133. The number of carbonyl (C=O) groups is 2. The van der Waals surface area contributed by atoms with Gasteiger partial charge in [0.1, 0.15) is 5.82 Å². The summed E-state index contributed by atoms with van der Waals surface area (Å²) < 4.78 is 14.4. The van der Waals surface area contributed by atoms with Crippen molar-refractivity contribution < 1.29 is 19.1 Å². The van der Waals surface area contributed by atoms with E-state index in [0.717, 1.165) is 24.0 Å². The molecule has 176 valence electrons. The van der Waals surface area contributed by atoms with Gasteiger partial charge in [-0.15, -0.1) is 0 Å². The van der Waals surface area contributed by atoms with Crippen LogP contribution in [0.2, 0.25) is 0 Å². The largest absolute Gasteiger partial charge is 0.478 e. The first kappa shape index (κ1) is 23.9. The quantitative estimate of drug-likeness (QED) is 0.307. The molecule has 4 aromatic rings.